The van der Waals surface area contributed by atoms with Gasteiger partial charge in [0.2, 0.25) is 5.91 Å². The lowest BCUT2D eigenvalue weighted by molar-refractivity contribution is -0.159. The Bertz CT molecular complexity index is 1120. The van der Waals surface area contributed by atoms with Gasteiger partial charge in [0.25, 0.3) is 0 Å². The van der Waals surface area contributed by atoms with Gasteiger partial charge in [-0.3, -0.25) is 4.79 Å². The molecule has 0 radical (unpaired) electrons. The second kappa shape index (κ2) is 6.82. The number of halogens is 1. The molecule has 0 aliphatic carbocycles. The Kier molecular flexibility index (Phi) is 4.86. The van der Waals surface area contributed by atoms with E-state index >= 15 is 0 Å². The normalized spacial score (nSPS) is 26.2. The van der Waals surface area contributed by atoms with E-state index in [4.69, 9.17) is 4.74 Å². The molecule has 2 aliphatic heterocycles. The smallest absolute Gasteiger partial charge is 0.244 e. The molecule has 2 bridgehead atoms. The van der Waals surface area contributed by atoms with Gasteiger partial charge in [0.15, 0.2) is 20.8 Å². The second-order valence-corrected chi connectivity index (χ2v) is 12.4. The van der Waals surface area contributed by atoms with Crippen molar-refractivity contribution in [3.05, 3.63) is 58.1 Å². The molecule has 4 rings (SSSR count). The molecule has 2 aliphatic rings. The first-order chi connectivity index (χ1) is 13.8. The molecule has 2 aromatic carbocycles. The Labute approximate surface area is 186 Å². The highest BCUT2D eigenvalue weighted by Gasteiger charge is 2.57. The monoisotopic (exact) mass is 491 g/mol. The maximum Gasteiger partial charge on any atom is 0.244 e. The predicted octanol–water partition coefficient (Wildman–Crippen LogP) is 4.64. The summed E-state index contributed by atoms with van der Waals surface area (Å²) in [5.41, 5.74) is 0.839. The highest BCUT2D eigenvalue weighted by Crippen LogP contribution is 2.50. The van der Waals surface area contributed by atoms with Crippen LogP contribution in [0.4, 0.5) is 0 Å². The minimum atomic E-state index is -3.90. The number of rotatable bonds is 2. The van der Waals surface area contributed by atoms with Gasteiger partial charge >= 0.3 is 0 Å². The van der Waals surface area contributed by atoms with Crippen LogP contribution in [-0.2, 0) is 20.0 Å². The van der Waals surface area contributed by atoms with Crippen molar-refractivity contribution in [2.45, 2.75) is 61.3 Å². The summed E-state index contributed by atoms with van der Waals surface area (Å²) in [6, 6.07) is 12.5. The molecule has 1 saturated heterocycles. The van der Waals surface area contributed by atoms with Crippen LogP contribution in [0.3, 0.4) is 0 Å². The summed E-state index contributed by atoms with van der Waals surface area (Å²) in [5, 5.41) is -1.19. The number of carbonyl (C=O) groups is 1. The number of benzene rings is 2. The van der Waals surface area contributed by atoms with E-state index in [-0.39, 0.29) is 10.3 Å². The fourth-order valence-corrected chi connectivity index (χ4v) is 6.70. The lowest BCUT2D eigenvalue weighted by atomic mass is 9.80. The number of hydrogen-bond acceptors (Lipinski definition) is 4. The predicted molar refractivity (Wildman–Crippen MR) is 119 cm³/mol. The molecule has 1 amide bonds. The first kappa shape index (κ1) is 21.4. The fraction of sp³-hybridized carbons (Fsp3) is 0.435. The van der Waals surface area contributed by atoms with Crippen LogP contribution in [0.1, 0.15) is 51.2 Å². The van der Waals surface area contributed by atoms with Crippen LogP contribution in [0, 0.1) is 0 Å². The van der Waals surface area contributed by atoms with Gasteiger partial charge in [-0.2, -0.15) is 0 Å². The molecular formula is C23H26BrNO4S. The van der Waals surface area contributed by atoms with E-state index in [1.54, 1.807) is 19.2 Å². The summed E-state index contributed by atoms with van der Waals surface area (Å²) in [5.74, 6) is -0.286. The zero-order chi connectivity index (χ0) is 22.1. The van der Waals surface area contributed by atoms with Gasteiger partial charge in [0, 0.05) is 29.4 Å². The van der Waals surface area contributed by atoms with Gasteiger partial charge in [-0.15, -0.1) is 0 Å². The summed E-state index contributed by atoms with van der Waals surface area (Å²) >= 11 is 3.46. The number of sulfone groups is 1. The Balaban J connectivity index is 1.84. The fourth-order valence-electron chi connectivity index (χ4n) is 4.41. The average molecular weight is 492 g/mol. The number of piperidine rings is 1. The summed E-state index contributed by atoms with van der Waals surface area (Å²) in [7, 11) is -2.28. The van der Waals surface area contributed by atoms with Gasteiger partial charge in [0.05, 0.1) is 4.90 Å². The quantitative estimate of drug-likeness (QED) is 0.613. The zero-order valence-corrected chi connectivity index (χ0v) is 20.2. The maximum absolute atomic E-state index is 13.7. The number of amides is 1. The van der Waals surface area contributed by atoms with Crippen LogP contribution in [0.25, 0.3) is 0 Å². The van der Waals surface area contributed by atoms with E-state index in [1.807, 2.05) is 37.3 Å². The topological polar surface area (TPSA) is 63.7 Å². The molecule has 2 aromatic rings. The molecule has 7 heteroatoms. The summed E-state index contributed by atoms with van der Waals surface area (Å²) in [6.07, 6.45) is 0.419. The van der Waals surface area contributed by atoms with E-state index in [0.29, 0.717) is 12.2 Å². The van der Waals surface area contributed by atoms with Crippen LogP contribution < -0.4 is 4.74 Å². The number of fused-ring (bicyclic) bond motifs is 4. The van der Waals surface area contributed by atoms with Crippen LogP contribution >= 0.6 is 15.9 Å². The summed E-state index contributed by atoms with van der Waals surface area (Å²) < 4.78 is 34.4. The van der Waals surface area contributed by atoms with Crippen molar-refractivity contribution >= 4 is 31.7 Å². The zero-order valence-electron chi connectivity index (χ0n) is 17.8. The molecule has 0 spiro atoms. The Morgan fingerprint density at radius 3 is 2.37 bits per heavy atom. The van der Waals surface area contributed by atoms with Crippen LogP contribution in [0.5, 0.6) is 5.75 Å². The molecular weight excluding hydrogens is 466 g/mol. The van der Waals surface area contributed by atoms with Gasteiger partial charge in [-0.1, -0.05) is 48.8 Å². The van der Waals surface area contributed by atoms with E-state index in [1.165, 1.54) is 4.90 Å². The number of nitrogens with zero attached hydrogens (tertiary/aromatic N) is 1. The van der Waals surface area contributed by atoms with E-state index in [9.17, 15) is 13.2 Å². The van der Waals surface area contributed by atoms with Gasteiger partial charge in [-0.25, -0.2) is 8.42 Å². The third-order valence-electron chi connectivity index (χ3n) is 6.33. The molecule has 30 heavy (non-hydrogen) atoms. The minimum Gasteiger partial charge on any atom is -0.468 e. The van der Waals surface area contributed by atoms with Crippen molar-refractivity contribution in [1.29, 1.82) is 0 Å². The lowest BCUT2D eigenvalue weighted by Gasteiger charge is -2.51. The third-order valence-corrected chi connectivity index (χ3v) is 8.95. The average Bonchev–Trinajstić information content (AvgIpc) is 2.66. The van der Waals surface area contributed by atoms with E-state index in [0.717, 1.165) is 15.6 Å². The van der Waals surface area contributed by atoms with Crippen molar-refractivity contribution in [3.8, 4) is 5.75 Å². The molecule has 2 heterocycles. The molecule has 0 aromatic heterocycles. The van der Waals surface area contributed by atoms with Crippen molar-refractivity contribution < 1.29 is 17.9 Å². The van der Waals surface area contributed by atoms with Gasteiger partial charge < -0.3 is 9.64 Å². The van der Waals surface area contributed by atoms with Crippen LogP contribution in [0.2, 0.25) is 0 Å². The van der Waals surface area contributed by atoms with E-state index < -0.39 is 32.6 Å². The second-order valence-electron chi connectivity index (χ2n) is 9.41. The number of likely N-dealkylation sites (tertiary alicyclic amines) is 1. The standard InChI is InChI=1S/C23H26BrNO4S/c1-22(2,3)14-6-9-16(10-7-14)30(27,28)20-18-13-23(4,25(5)21(20)26)29-19-11-8-15(24)12-17(18)19/h6-12,18,20H,13H2,1-5H3/t18-,20+,23+/m0/s1. The lowest BCUT2D eigenvalue weighted by Crippen LogP contribution is -2.64. The summed E-state index contributed by atoms with van der Waals surface area (Å²) in [4.78, 5) is 15.0. The molecule has 5 nitrogen and oxygen atoms in total. The maximum atomic E-state index is 13.7. The third kappa shape index (κ3) is 3.26. The molecule has 0 unspecified atom stereocenters. The molecule has 3 atom stereocenters. The molecule has 1 fully saturated rings. The van der Waals surface area contributed by atoms with E-state index in [2.05, 4.69) is 36.7 Å². The Morgan fingerprint density at radius 2 is 1.77 bits per heavy atom. The molecule has 0 N–H and O–H groups in total. The largest absolute Gasteiger partial charge is 0.468 e. The highest BCUT2D eigenvalue weighted by atomic mass is 79.9. The number of ether oxygens (including phenoxy) is 1. The first-order valence-electron chi connectivity index (χ1n) is 9.95. The summed E-state index contributed by atoms with van der Waals surface area (Å²) in [6.45, 7) is 8.07. The number of carbonyl (C=O) groups excluding carboxylic acids is 1. The van der Waals surface area contributed by atoms with Crippen molar-refractivity contribution in [2.24, 2.45) is 0 Å². The highest BCUT2D eigenvalue weighted by molar-refractivity contribution is 9.10. The van der Waals surface area contributed by atoms with Crippen LogP contribution in [0.15, 0.2) is 51.8 Å². The minimum absolute atomic E-state index is 0.0864. The van der Waals surface area contributed by atoms with Crippen molar-refractivity contribution in [2.75, 3.05) is 7.05 Å². The van der Waals surface area contributed by atoms with Crippen molar-refractivity contribution in [1.82, 2.24) is 4.90 Å². The Morgan fingerprint density at radius 1 is 1.13 bits per heavy atom. The van der Waals surface area contributed by atoms with Crippen molar-refractivity contribution in [3.63, 3.8) is 0 Å². The van der Waals surface area contributed by atoms with Gasteiger partial charge in [0.1, 0.15) is 5.75 Å². The number of hydrogen-bond donors (Lipinski definition) is 0. The SMILES string of the molecule is CN1C(=O)[C@H](S(=O)(=O)c2ccc(C(C)(C)C)cc2)[C@H]2C[C@@]1(C)Oc1ccc(Br)cc12. The van der Waals surface area contributed by atoms with Crippen LogP contribution in [-0.4, -0.2) is 37.2 Å². The molecule has 160 valence electrons. The molecule has 0 saturated carbocycles. The van der Waals surface area contributed by atoms with Gasteiger partial charge in [-0.05, 0) is 48.2 Å². The Hall–Kier alpha value is -1.86. The first-order valence-corrected chi connectivity index (χ1v) is 12.3.